The molecule has 21 heavy (non-hydrogen) atoms. The molecular weight excluding hydrogens is 305 g/mol. The molecule has 2 rings (SSSR count). The van der Waals surface area contributed by atoms with Gasteiger partial charge in [0.1, 0.15) is 6.04 Å². The summed E-state index contributed by atoms with van der Waals surface area (Å²) in [5.41, 5.74) is 0. The van der Waals surface area contributed by atoms with Gasteiger partial charge in [-0.25, -0.2) is 12.7 Å². The molecule has 0 aromatic rings. The predicted octanol–water partition coefficient (Wildman–Crippen LogP) is 2.12. The summed E-state index contributed by atoms with van der Waals surface area (Å²) >= 11 is 0. The maximum atomic E-state index is 12.8. The van der Waals surface area contributed by atoms with E-state index >= 15 is 0 Å². The van der Waals surface area contributed by atoms with Crippen LogP contribution in [0.4, 0.5) is 13.2 Å². The number of halogens is 3. The molecule has 0 aromatic heterocycles. The highest BCUT2D eigenvalue weighted by atomic mass is 32.2. The molecule has 4 nitrogen and oxygen atoms in total. The summed E-state index contributed by atoms with van der Waals surface area (Å²) in [7, 11) is -3.20. The van der Waals surface area contributed by atoms with Gasteiger partial charge in [-0.05, 0) is 38.0 Å². The maximum Gasteiger partial charge on any atom is 0.403 e. The van der Waals surface area contributed by atoms with E-state index in [9.17, 15) is 21.6 Å². The molecule has 2 fully saturated rings. The third kappa shape index (κ3) is 4.82. The first kappa shape index (κ1) is 17.0. The lowest BCUT2D eigenvalue weighted by atomic mass is 9.87. The second kappa shape index (κ2) is 6.42. The predicted molar refractivity (Wildman–Crippen MR) is 74.4 cm³/mol. The molecule has 2 aliphatic rings. The zero-order valence-electron chi connectivity index (χ0n) is 12.2. The fourth-order valence-corrected chi connectivity index (χ4v) is 4.33. The minimum atomic E-state index is -4.19. The summed E-state index contributed by atoms with van der Waals surface area (Å²) in [6.45, 7) is 0.965. The number of sulfonamides is 1. The molecule has 3 atom stereocenters. The molecule has 0 radical (unpaired) electrons. The lowest BCUT2D eigenvalue weighted by Crippen LogP contribution is -2.51. The molecule has 2 saturated heterocycles. The van der Waals surface area contributed by atoms with Crippen LogP contribution in [-0.4, -0.2) is 50.3 Å². The van der Waals surface area contributed by atoms with E-state index in [-0.39, 0.29) is 18.4 Å². The van der Waals surface area contributed by atoms with Gasteiger partial charge < -0.3 is 5.32 Å². The first-order chi connectivity index (χ1) is 9.66. The molecule has 124 valence electrons. The monoisotopic (exact) mass is 328 g/mol. The Morgan fingerprint density at radius 2 is 1.90 bits per heavy atom. The van der Waals surface area contributed by atoms with E-state index in [2.05, 4.69) is 5.32 Å². The van der Waals surface area contributed by atoms with Crippen molar-refractivity contribution in [2.45, 2.75) is 56.8 Å². The molecular formula is C13H23F3N2O2S. The van der Waals surface area contributed by atoms with E-state index in [0.717, 1.165) is 19.3 Å². The van der Waals surface area contributed by atoms with Crippen LogP contribution in [0.3, 0.4) is 0 Å². The van der Waals surface area contributed by atoms with Gasteiger partial charge in [-0.15, -0.1) is 0 Å². The van der Waals surface area contributed by atoms with E-state index in [1.807, 2.05) is 0 Å². The number of hydrogen-bond acceptors (Lipinski definition) is 3. The highest BCUT2D eigenvalue weighted by Crippen LogP contribution is 2.31. The number of piperidine rings is 2. The zero-order valence-corrected chi connectivity index (χ0v) is 13.0. The maximum absolute atomic E-state index is 12.8. The van der Waals surface area contributed by atoms with Gasteiger partial charge in [0.15, 0.2) is 0 Å². The Morgan fingerprint density at radius 3 is 2.52 bits per heavy atom. The summed E-state index contributed by atoms with van der Waals surface area (Å²) < 4.78 is 62.9. The standard InChI is InChI=1S/C13H23F3N2O2S/c1-21(19,20)18-7-3-4-10(9-18)8-11-5-2-6-12(17-11)13(14,15)16/h10-12,17H,2-9H2,1H3. The second-order valence-electron chi connectivity index (χ2n) is 6.25. The van der Waals surface area contributed by atoms with Gasteiger partial charge in [-0.3, -0.25) is 0 Å². The molecule has 0 bridgehead atoms. The van der Waals surface area contributed by atoms with Crippen LogP contribution in [0.5, 0.6) is 0 Å². The Morgan fingerprint density at radius 1 is 1.19 bits per heavy atom. The molecule has 0 amide bonds. The number of nitrogens with zero attached hydrogens (tertiary/aromatic N) is 1. The molecule has 3 unspecified atom stereocenters. The van der Waals surface area contributed by atoms with Crippen molar-refractivity contribution in [3.05, 3.63) is 0 Å². The summed E-state index contributed by atoms with van der Waals surface area (Å²) in [6, 6.07) is -1.57. The first-order valence-corrected chi connectivity index (χ1v) is 9.29. The highest BCUT2D eigenvalue weighted by molar-refractivity contribution is 7.88. The van der Waals surface area contributed by atoms with Crippen molar-refractivity contribution in [1.82, 2.24) is 9.62 Å². The van der Waals surface area contributed by atoms with Crippen molar-refractivity contribution in [2.24, 2.45) is 5.92 Å². The number of nitrogens with one attached hydrogen (secondary N) is 1. The van der Waals surface area contributed by atoms with E-state index in [4.69, 9.17) is 0 Å². The van der Waals surface area contributed by atoms with E-state index in [1.165, 1.54) is 10.6 Å². The van der Waals surface area contributed by atoms with Gasteiger partial charge in [0.25, 0.3) is 0 Å². The molecule has 2 aliphatic heterocycles. The SMILES string of the molecule is CS(=O)(=O)N1CCCC(CC2CCCC(C(F)(F)F)N2)C1. The number of hydrogen-bond donors (Lipinski definition) is 1. The van der Waals surface area contributed by atoms with E-state index in [1.54, 1.807) is 0 Å². The van der Waals surface area contributed by atoms with Crippen molar-refractivity contribution in [3.63, 3.8) is 0 Å². The smallest absolute Gasteiger partial charge is 0.303 e. The van der Waals surface area contributed by atoms with Gasteiger partial charge in [-0.1, -0.05) is 6.42 Å². The Kier molecular flexibility index (Phi) is 5.20. The van der Waals surface area contributed by atoms with Crippen LogP contribution in [-0.2, 0) is 10.0 Å². The topological polar surface area (TPSA) is 49.4 Å². The Hall–Kier alpha value is -0.340. The Balaban J connectivity index is 1.89. The molecule has 0 saturated carbocycles. The quantitative estimate of drug-likeness (QED) is 0.863. The van der Waals surface area contributed by atoms with Crippen LogP contribution in [0.1, 0.15) is 38.5 Å². The van der Waals surface area contributed by atoms with Crippen LogP contribution >= 0.6 is 0 Å². The van der Waals surface area contributed by atoms with Gasteiger partial charge in [0.2, 0.25) is 10.0 Å². The van der Waals surface area contributed by atoms with E-state index < -0.39 is 22.2 Å². The van der Waals surface area contributed by atoms with Gasteiger partial charge in [0, 0.05) is 19.1 Å². The molecule has 0 aromatic carbocycles. The van der Waals surface area contributed by atoms with Crippen LogP contribution in [0.25, 0.3) is 0 Å². The average Bonchev–Trinajstić information content (AvgIpc) is 2.37. The number of alkyl halides is 3. The third-order valence-electron chi connectivity index (χ3n) is 4.45. The fraction of sp³-hybridized carbons (Fsp3) is 1.00. The van der Waals surface area contributed by atoms with Crippen LogP contribution < -0.4 is 5.32 Å². The minimum absolute atomic E-state index is 0.139. The summed E-state index contributed by atoms with van der Waals surface area (Å²) in [5, 5.41) is 2.70. The van der Waals surface area contributed by atoms with Crippen molar-refractivity contribution in [3.8, 4) is 0 Å². The fourth-order valence-electron chi connectivity index (χ4n) is 3.39. The van der Waals surface area contributed by atoms with Crippen molar-refractivity contribution in [2.75, 3.05) is 19.3 Å². The Labute approximate surface area is 124 Å². The van der Waals surface area contributed by atoms with Crippen molar-refractivity contribution >= 4 is 10.0 Å². The molecule has 1 N–H and O–H groups in total. The van der Waals surface area contributed by atoms with Gasteiger partial charge in [0.05, 0.1) is 6.26 Å². The summed E-state index contributed by atoms with van der Waals surface area (Å²) in [4.78, 5) is 0. The van der Waals surface area contributed by atoms with Crippen LogP contribution in [0, 0.1) is 5.92 Å². The zero-order chi connectivity index (χ0) is 15.7. The summed E-state index contributed by atoms with van der Waals surface area (Å²) in [6.07, 6.45) is 0.747. The molecule has 2 heterocycles. The second-order valence-corrected chi connectivity index (χ2v) is 8.24. The van der Waals surface area contributed by atoms with E-state index in [0.29, 0.717) is 25.9 Å². The first-order valence-electron chi connectivity index (χ1n) is 7.44. The molecule has 0 spiro atoms. The average molecular weight is 328 g/mol. The largest absolute Gasteiger partial charge is 0.403 e. The lowest BCUT2D eigenvalue weighted by molar-refractivity contribution is -0.163. The van der Waals surface area contributed by atoms with Gasteiger partial charge >= 0.3 is 6.18 Å². The van der Waals surface area contributed by atoms with Gasteiger partial charge in [-0.2, -0.15) is 13.2 Å². The highest BCUT2D eigenvalue weighted by Gasteiger charge is 2.42. The van der Waals surface area contributed by atoms with Crippen molar-refractivity contribution < 1.29 is 21.6 Å². The number of rotatable bonds is 3. The lowest BCUT2D eigenvalue weighted by Gasteiger charge is -2.37. The third-order valence-corrected chi connectivity index (χ3v) is 5.72. The Bertz CT molecular complexity index is 453. The minimum Gasteiger partial charge on any atom is -0.303 e. The van der Waals surface area contributed by atoms with Crippen LogP contribution in [0.2, 0.25) is 0 Å². The van der Waals surface area contributed by atoms with Crippen LogP contribution in [0.15, 0.2) is 0 Å². The normalized spacial score (nSPS) is 33.0. The van der Waals surface area contributed by atoms with Crippen molar-refractivity contribution in [1.29, 1.82) is 0 Å². The summed E-state index contributed by atoms with van der Waals surface area (Å²) in [5.74, 6) is 0.151. The molecule has 0 aliphatic carbocycles. The molecule has 8 heteroatoms.